The third-order valence-electron chi connectivity index (χ3n) is 2.96. The lowest BCUT2D eigenvalue weighted by Gasteiger charge is -2.10. The van der Waals surface area contributed by atoms with Crippen LogP contribution in [0.25, 0.3) is 10.9 Å². The Morgan fingerprint density at radius 2 is 1.95 bits per heavy atom. The van der Waals surface area contributed by atoms with Crippen LogP contribution in [-0.4, -0.2) is 16.6 Å². The number of rotatable bonds is 4. The van der Waals surface area contributed by atoms with Crippen LogP contribution in [0.2, 0.25) is 0 Å². The predicted molar refractivity (Wildman–Crippen MR) is 81.6 cm³/mol. The lowest BCUT2D eigenvalue weighted by molar-refractivity contribution is 0.323. The van der Waals surface area contributed by atoms with Crippen LogP contribution in [-0.2, 0) is 0 Å². The average Bonchev–Trinajstić information content (AvgIpc) is 2.51. The van der Waals surface area contributed by atoms with Gasteiger partial charge in [-0.2, -0.15) is 4.98 Å². The lowest BCUT2D eigenvalue weighted by Crippen LogP contribution is -2.00. The van der Waals surface area contributed by atoms with Crippen LogP contribution >= 0.6 is 0 Å². The summed E-state index contributed by atoms with van der Waals surface area (Å²) in [6.07, 6.45) is 1.73. The Labute approximate surface area is 122 Å². The van der Waals surface area contributed by atoms with Gasteiger partial charge in [-0.3, -0.25) is 4.98 Å². The average molecular weight is 281 g/mol. The van der Waals surface area contributed by atoms with Gasteiger partial charge in [0.2, 0.25) is 11.8 Å². The Hall–Kier alpha value is -2.82. The molecule has 0 bridgehead atoms. The number of hydrogen-bond acceptors (Lipinski definition) is 5. The van der Waals surface area contributed by atoms with Crippen LogP contribution in [0.1, 0.15) is 6.92 Å². The van der Waals surface area contributed by atoms with Crippen molar-refractivity contribution in [2.24, 2.45) is 0 Å². The molecule has 0 aliphatic rings. The molecule has 0 unspecified atom stereocenters. The molecule has 0 aliphatic carbocycles. The van der Waals surface area contributed by atoms with Crippen molar-refractivity contribution in [3.63, 3.8) is 0 Å². The highest BCUT2D eigenvalue weighted by Crippen LogP contribution is 2.29. The van der Waals surface area contributed by atoms with E-state index in [1.54, 1.807) is 18.3 Å². The zero-order valence-corrected chi connectivity index (χ0v) is 11.6. The number of nitrogens with two attached hydrogens (primary N) is 1. The van der Waals surface area contributed by atoms with Crippen molar-refractivity contribution in [2.75, 3.05) is 12.3 Å². The summed E-state index contributed by atoms with van der Waals surface area (Å²) in [6, 6.07) is 13.1. The fourth-order valence-corrected chi connectivity index (χ4v) is 2.01. The number of ether oxygens (including phenoxy) is 2. The maximum Gasteiger partial charge on any atom is 0.240 e. The van der Waals surface area contributed by atoms with Gasteiger partial charge in [0.05, 0.1) is 12.3 Å². The molecular formula is C16H15N3O2. The quantitative estimate of drug-likeness (QED) is 0.793. The summed E-state index contributed by atoms with van der Waals surface area (Å²) in [7, 11) is 0. The van der Waals surface area contributed by atoms with E-state index in [-0.39, 0.29) is 0 Å². The van der Waals surface area contributed by atoms with Gasteiger partial charge in [-0.15, -0.1) is 0 Å². The van der Waals surface area contributed by atoms with Crippen molar-refractivity contribution in [1.29, 1.82) is 0 Å². The summed E-state index contributed by atoms with van der Waals surface area (Å²) in [4.78, 5) is 8.61. The van der Waals surface area contributed by atoms with Crippen LogP contribution in [0.3, 0.4) is 0 Å². The molecule has 106 valence electrons. The summed E-state index contributed by atoms with van der Waals surface area (Å²) < 4.78 is 11.2. The summed E-state index contributed by atoms with van der Waals surface area (Å²) >= 11 is 0. The second-order valence-electron chi connectivity index (χ2n) is 4.41. The van der Waals surface area contributed by atoms with E-state index in [0.29, 0.717) is 29.8 Å². The third-order valence-corrected chi connectivity index (χ3v) is 2.96. The van der Waals surface area contributed by atoms with Gasteiger partial charge in [-0.25, -0.2) is 0 Å². The van der Waals surface area contributed by atoms with Gasteiger partial charge in [0.15, 0.2) is 5.75 Å². The molecule has 2 N–H and O–H groups in total. The molecule has 0 saturated carbocycles. The zero-order chi connectivity index (χ0) is 14.7. The van der Waals surface area contributed by atoms with Crippen LogP contribution in [0.15, 0.2) is 48.7 Å². The van der Waals surface area contributed by atoms with Crippen molar-refractivity contribution in [3.8, 4) is 17.5 Å². The maximum atomic E-state index is 5.82. The van der Waals surface area contributed by atoms with Crippen molar-refractivity contribution in [3.05, 3.63) is 48.7 Å². The maximum absolute atomic E-state index is 5.82. The number of pyridine rings is 2. The van der Waals surface area contributed by atoms with E-state index in [9.17, 15) is 0 Å². The Kier molecular flexibility index (Phi) is 3.55. The number of nitrogens with zero attached hydrogens (tertiary/aromatic N) is 2. The number of benzene rings is 1. The highest BCUT2D eigenvalue weighted by atomic mass is 16.5. The normalized spacial score (nSPS) is 10.5. The number of anilines is 1. The second kappa shape index (κ2) is 5.66. The highest BCUT2D eigenvalue weighted by molar-refractivity contribution is 5.84. The van der Waals surface area contributed by atoms with Crippen LogP contribution in [0.4, 0.5) is 5.69 Å². The molecule has 0 amide bonds. The Balaban J connectivity index is 1.97. The van der Waals surface area contributed by atoms with Gasteiger partial charge >= 0.3 is 0 Å². The van der Waals surface area contributed by atoms with Crippen molar-refractivity contribution >= 4 is 16.6 Å². The van der Waals surface area contributed by atoms with E-state index in [1.165, 1.54) is 0 Å². The van der Waals surface area contributed by atoms with Gasteiger partial charge < -0.3 is 15.2 Å². The molecule has 5 heteroatoms. The standard InChI is InChI=1S/C16H15N3O2/c1-2-20-16-12(17)8-9-14(19-16)21-13-7-3-5-11-6-4-10-18-15(11)13/h3-10H,2,17H2,1H3. The molecule has 2 aromatic heterocycles. The number of nitrogen functional groups attached to an aromatic ring is 1. The lowest BCUT2D eigenvalue weighted by atomic mass is 10.2. The van der Waals surface area contributed by atoms with Gasteiger partial charge in [-0.1, -0.05) is 18.2 Å². The smallest absolute Gasteiger partial charge is 0.240 e. The van der Waals surface area contributed by atoms with Crippen molar-refractivity contribution in [2.45, 2.75) is 6.92 Å². The molecule has 2 heterocycles. The first-order chi connectivity index (χ1) is 10.3. The van der Waals surface area contributed by atoms with E-state index < -0.39 is 0 Å². The Bertz CT molecular complexity index is 769. The van der Waals surface area contributed by atoms with Crippen LogP contribution in [0.5, 0.6) is 17.5 Å². The molecule has 0 atom stereocenters. The molecule has 0 radical (unpaired) electrons. The third kappa shape index (κ3) is 2.72. The summed E-state index contributed by atoms with van der Waals surface area (Å²) in [5, 5.41) is 1.01. The number of para-hydroxylation sites is 1. The Morgan fingerprint density at radius 1 is 1.10 bits per heavy atom. The highest BCUT2D eigenvalue weighted by Gasteiger charge is 2.08. The molecule has 1 aromatic carbocycles. The SMILES string of the molecule is CCOc1nc(Oc2cccc3cccnc23)ccc1N. The summed E-state index contributed by atoms with van der Waals surface area (Å²) in [6.45, 7) is 2.37. The zero-order valence-electron chi connectivity index (χ0n) is 11.6. The molecule has 3 aromatic rings. The number of aromatic nitrogens is 2. The first kappa shape index (κ1) is 13.2. The first-order valence-corrected chi connectivity index (χ1v) is 6.69. The van der Waals surface area contributed by atoms with Crippen LogP contribution < -0.4 is 15.2 Å². The number of hydrogen-bond donors (Lipinski definition) is 1. The topological polar surface area (TPSA) is 70.3 Å². The van der Waals surface area contributed by atoms with Gasteiger partial charge in [-0.05, 0) is 25.1 Å². The molecule has 0 fully saturated rings. The first-order valence-electron chi connectivity index (χ1n) is 6.69. The Morgan fingerprint density at radius 3 is 2.81 bits per heavy atom. The van der Waals surface area contributed by atoms with Gasteiger partial charge in [0, 0.05) is 17.6 Å². The van der Waals surface area contributed by atoms with E-state index in [2.05, 4.69) is 9.97 Å². The fourth-order valence-electron chi connectivity index (χ4n) is 2.01. The minimum atomic E-state index is 0.378. The molecule has 3 rings (SSSR count). The summed E-state index contributed by atoms with van der Waals surface area (Å²) in [5.41, 5.74) is 7.08. The van der Waals surface area contributed by atoms with Gasteiger partial charge in [0.1, 0.15) is 5.52 Å². The largest absolute Gasteiger partial charge is 0.476 e. The molecule has 21 heavy (non-hydrogen) atoms. The van der Waals surface area contributed by atoms with E-state index in [4.69, 9.17) is 15.2 Å². The predicted octanol–water partition coefficient (Wildman–Crippen LogP) is 3.40. The minimum absolute atomic E-state index is 0.378. The molecular weight excluding hydrogens is 266 g/mol. The van der Waals surface area contributed by atoms with Crippen molar-refractivity contribution in [1.82, 2.24) is 9.97 Å². The van der Waals surface area contributed by atoms with Gasteiger partial charge in [0.25, 0.3) is 0 Å². The van der Waals surface area contributed by atoms with E-state index in [1.807, 2.05) is 37.3 Å². The molecule has 0 aliphatic heterocycles. The van der Waals surface area contributed by atoms with Crippen molar-refractivity contribution < 1.29 is 9.47 Å². The molecule has 0 saturated heterocycles. The van der Waals surface area contributed by atoms with E-state index >= 15 is 0 Å². The monoisotopic (exact) mass is 281 g/mol. The van der Waals surface area contributed by atoms with Crippen LogP contribution in [0, 0.1) is 0 Å². The molecule has 0 spiro atoms. The minimum Gasteiger partial charge on any atom is -0.476 e. The second-order valence-corrected chi connectivity index (χ2v) is 4.41. The fraction of sp³-hybridized carbons (Fsp3) is 0.125. The summed E-state index contributed by atoms with van der Waals surface area (Å²) in [5.74, 6) is 1.45. The molecule has 5 nitrogen and oxygen atoms in total. The van der Waals surface area contributed by atoms with E-state index in [0.717, 1.165) is 10.9 Å². The number of fused-ring (bicyclic) bond motifs is 1.